The second kappa shape index (κ2) is 18.0. The van der Waals surface area contributed by atoms with Crippen LogP contribution < -0.4 is 14.4 Å². The van der Waals surface area contributed by atoms with Crippen LogP contribution in [0.25, 0.3) is 77.2 Å². The molecule has 1 aliphatic heterocycles. The standard InChI is InChI=1S/C51H36N2O2.C18H12IN/c1-51(2)43-16-8-6-14-39(43)40-27-25-38(32-44(40)51)52(37-26-28-46-42(31-37)41-15-7-9-17-45(41)53(46)35-12-4-3-5-13-35)36-23-20-33(21-24-36)34-22-29-49-50(30-34)55-48-19-11-10-18-47(48)54-49;19-13-10-11-18-16(12-13)15-8-4-5-9-17(15)20(18)14-6-2-1-3-7-14/h3-32H,1-2H3;1-12H. The van der Waals surface area contributed by atoms with Crippen molar-refractivity contribution in [1.29, 1.82) is 0 Å². The number of halogens is 1. The maximum absolute atomic E-state index is 6.25. The SMILES string of the molecule is CC1(C)c2ccccc2-c2ccc(N(c3ccc(-c4ccc5c(c4)Oc4ccccc4O5)cc3)c3ccc4c(c3)c3ccccc3n4-c3ccccc3)cc21.Ic1ccc2c(c1)c1ccccc1n2-c1ccccc1. The third-order valence-corrected chi connectivity index (χ3v) is 15.8. The van der Waals surface area contributed by atoms with Crippen LogP contribution in [0.3, 0.4) is 0 Å². The van der Waals surface area contributed by atoms with Gasteiger partial charge in [-0.25, -0.2) is 0 Å². The molecule has 0 unspecified atom stereocenters. The van der Waals surface area contributed by atoms with Crippen molar-refractivity contribution in [3.8, 4) is 56.6 Å². The number of nitrogens with zero attached hydrogens (tertiary/aromatic N) is 3. The summed E-state index contributed by atoms with van der Waals surface area (Å²) in [5.74, 6) is 2.89. The summed E-state index contributed by atoms with van der Waals surface area (Å²) >= 11 is 2.38. The van der Waals surface area contributed by atoms with E-state index < -0.39 is 0 Å². The van der Waals surface area contributed by atoms with Crippen LogP contribution >= 0.6 is 22.6 Å². The molecule has 0 N–H and O–H groups in total. The number of fused-ring (bicyclic) bond motifs is 11. The first-order valence-corrected chi connectivity index (χ1v) is 26.5. The molecule has 3 heterocycles. The molecule has 13 aromatic rings. The summed E-state index contributed by atoms with van der Waals surface area (Å²) < 4.78 is 18.4. The Morgan fingerprint density at radius 2 is 0.827 bits per heavy atom. The molecule has 11 aromatic carbocycles. The average Bonchev–Trinajstić information content (AvgIpc) is 4.06. The lowest BCUT2D eigenvalue weighted by atomic mass is 9.82. The number of hydrogen-bond donors (Lipinski definition) is 0. The molecule has 0 radical (unpaired) electrons. The van der Waals surface area contributed by atoms with Crippen molar-refractivity contribution < 1.29 is 9.47 Å². The molecule has 358 valence electrons. The van der Waals surface area contributed by atoms with E-state index in [9.17, 15) is 0 Å². The van der Waals surface area contributed by atoms with Crippen molar-refractivity contribution in [2.24, 2.45) is 0 Å². The monoisotopic (exact) mass is 1080 g/mol. The van der Waals surface area contributed by atoms with Crippen LogP contribution in [0, 0.1) is 3.57 Å². The molecular formula is C69H48IN3O2. The molecule has 0 atom stereocenters. The Labute approximate surface area is 449 Å². The second-order valence-corrected chi connectivity index (χ2v) is 21.1. The van der Waals surface area contributed by atoms with Crippen LogP contribution in [0.2, 0.25) is 0 Å². The van der Waals surface area contributed by atoms with Crippen molar-refractivity contribution in [2.45, 2.75) is 19.3 Å². The molecule has 5 nitrogen and oxygen atoms in total. The Balaban J connectivity index is 0.000000215. The van der Waals surface area contributed by atoms with Gasteiger partial charge < -0.3 is 23.5 Å². The van der Waals surface area contributed by atoms with Crippen molar-refractivity contribution >= 4 is 83.3 Å². The van der Waals surface area contributed by atoms with Gasteiger partial charge in [0.15, 0.2) is 23.0 Å². The molecule has 75 heavy (non-hydrogen) atoms. The van der Waals surface area contributed by atoms with Crippen LogP contribution in [-0.4, -0.2) is 9.13 Å². The minimum absolute atomic E-state index is 0.122. The molecule has 0 amide bonds. The zero-order valence-corrected chi connectivity index (χ0v) is 43.4. The maximum atomic E-state index is 6.25. The molecule has 6 heteroatoms. The number of hydrogen-bond acceptors (Lipinski definition) is 3. The van der Waals surface area contributed by atoms with Crippen molar-refractivity contribution in [3.05, 3.63) is 269 Å². The van der Waals surface area contributed by atoms with Crippen molar-refractivity contribution in [3.63, 3.8) is 0 Å². The van der Waals surface area contributed by atoms with Gasteiger partial charge in [-0.3, -0.25) is 0 Å². The van der Waals surface area contributed by atoms with Gasteiger partial charge in [0.05, 0.1) is 22.1 Å². The quantitative estimate of drug-likeness (QED) is 0.156. The fourth-order valence-corrected chi connectivity index (χ4v) is 12.0. The van der Waals surface area contributed by atoms with E-state index in [2.05, 4.69) is 275 Å². The molecular weight excluding hydrogens is 1030 g/mol. The van der Waals surface area contributed by atoms with E-state index in [0.29, 0.717) is 5.75 Å². The average molecular weight is 1080 g/mol. The predicted octanol–water partition coefficient (Wildman–Crippen LogP) is 19.5. The number of anilines is 3. The summed E-state index contributed by atoms with van der Waals surface area (Å²) in [5, 5.41) is 5.07. The van der Waals surface area contributed by atoms with Crippen LogP contribution in [-0.2, 0) is 5.41 Å². The Bertz CT molecular complexity index is 4350. The Hall–Kier alpha value is -8.85. The van der Waals surface area contributed by atoms with E-state index in [0.717, 1.165) is 51.1 Å². The molecule has 0 saturated heterocycles. The molecule has 0 spiro atoms. The number of benzene rings is 11. The smallest absolute Gasteiger partial charge is 0.170 e. The van der Waals surface area contributed by atoms with Gasteiger partial charge in [0.1, 0.15) is 0 Å². The number of aromatic nitrogens is 2. The normalized spacial score (nSPS) is 12.8. The zero-order chi connectivity index (χ0) is 50.2. The van der Waals surface area contributed by atoms with E-state index >= 15 is 0 Å². The van der Waals surface area contributed by atoms with Gasteiger partial charge in [0.2, 0.25) is 0 Å². The van der Waals surface area contributed by atoms with Gasteiger partial charge in [-0.05, 0) is 177 Å². The Morgan fingerprint density at radius 3 is 1.51 bits per heavy atom. The highest BCUT2D eigenvalue weighted by Gasteiger charge is 2.36. The number of rotatable bonds is 6. The first-order chi connectivity index (χ1) is 36.9. The second-order valence-electron chi connectivity index (χ2n) is 19.8. The molecule has 15 rings (SSSR count). The fraction of sp³-hybridized carbons (Fsp3) is 0.0435. The van der Waals surface area contributed by atoms with Crippen LogP contribution in [0.4, 0.5) is 17.1 Å². The van der Waals surface area contributed by atoms with Gasteiger partial charge in [0, 0.05) is 59.0 Å². The van der Waals surface area contributed by atoms with E-state index in [1.54, 1.807) is 0 Å². The topological polar surface area (TPSA) is 31.6 Å². The molecule has 0 fully saturated rings. The van der Waals surface area contributed by atoms with E-state index in [1.807, 2.05) is 30.3 Å². The molecule has 1 aliphatic carbocycles. The molecule has 0 bridgehead atoms. The Morgan fingerprint density at radius 1 is 0.347 bits per heavy atom. The predicted molar refractivity (Wildman–Crippen MR) is 319 cm³/mol. The minimum atomic E-state index is -0.122. The molecule has 2 aliphatic rings. The summed E-state index contributed by atoms with van der Waals surface area (Å²) in [4.78, 5) is 2.40. The maximum Gasteiger partial charge on any atom is 0.170 e. The van der Waals surface area contributed by atoms with Crippen LogP contribution in [0.5, 0.6) is 23.0 Å². The highest BCUT2D eigenvalue weighted by molar-refractivity contribution is 14.1. The minimum Gasteiger partial charge on any atom is -0.450 e. The number of para-hydroxylation sites is 6. The third kappa shape index (κ3) is 7.58. The van der Waals surface area contributed by atoms with Gasteiger partial charge in [0.25, 0.3) is 0 Å². The van der Waals surface area contributed by atoms with Crippen LogP contribution in [0.15, 0.2) is 255 Å². The van der Waals surface area contributed by atoms with Gasteiger partial charge in [-0.2, -0.15) is 0 Å². The molecule has 2 aromatic heterocycles. The summed E-state index contributed by atoms with van der Waals surface area (Å²) in [6, 6.07) is 90.7. The first kappa shape index (κ1) is 44.8. The lowest BCUT2D eigenvalue weighted by molar-refractivity contribution is 0.360. The zero-order valence-electron chi connectivity index (χ0n) is 41.3. The van der Waals surface area contributed by atoms with Crippen molar-refractivity contribution in [2.75, 3.05) is 4.90 Å². The van der Waals surface area contributed by atoms with Gasteiger partial charge in [-0.1, -0.05) is 147 Å². The van der Waals surface area contributed by atoms with Crippen molar-refractivity contribution in [1.82, 2.24) is 9.13 Å². The van der Waals surface area contributed by atoms with Crippen LogP contribution in [0.1, 0.15) is 25.0 Å². The Kier molecular flexibility index (Phi) is 10.7. The molecule has 0 saturated carbocycles. The summed E-state index contributed by atoms with van der Waals surface area (Å²) in [5.41, 5.74) is 17.9. The van der Waals surface area contributed by atoms with E-state index in [4.69, 9.17) is 9.47 Å². The summed E-state index contributed by atoms with van der Waals surface area (Å²) in [6.45, 7) is 4.69. The summed E-state index contributed by atoms with van der Waals surface area (Å²) in [6.07, 6.45) is 0. The van der Waals surface area contributed by atoms with Gasteiger partial charge in [-0.15, -0.1) is 0 Å². The summed E-state index contributed by atoms with van der Waals surface area (Å²) in [7, 11) is 0. The van der Waals surface area contributed by atoms with E-state index in [-0.39, 0.29) is 5.41 Å². The van der Waals surface area contributed by atoms with Gasteiger partial charge >= 0.3 is 0 Å². The fourth-order valence-electron chi connectivity index (χ4n) is 11.5. The lowest BCUT2D eigenvalue weighted by Crippen LogP contribution is -2.16. The largest absolute Gasteiger partial charge is 0.450 e. The highest BCUT2D eigenvalue weighted by Crippen LogP contribution is 2.52. The number of ether oxygens (including phenoxy) is 2. The lowest BCUT2D eigenvalue weighted by Gasteiger charge is -2.28. The first-order valence-electron chi connectivity index (χ1n) is 25.4. The third-order valence-electron chi connectivity index (χ3n) is 15.1. The van der Waals surface area contributed by atoms with E-state index in [1.165, 1.54) is 75.1 Å². The highest BCUT2D eigenvalue weighted by atomic mass is 127.